The van der Waals surface area contributed by atoms with Crippen molar-refractivity contribution in [3.05, 3.63) is 84.2 Å². The van der Waals surface area contributed by atoms with Gasteiger partial charge in [0.15, 0.2) is 16.7 Å². The second kappa shape index (κ2) is 8.79. The van der Waals surface area contributed by atoms with Crippen LogP contribution in [0, 0.1) is 0 Å². The molecule has 0 atom stereocenters. The second-order valence-electron chi connectivity index (χ2n) is 6.56. The fraction of sp³-hybridized carbons (Fsp3) is 0.0870. The summed E-state index contributed by atoms with van der Waals surface area (Å²) in [6, 6.07) is 21.8. The molecule has 0 aliphatic heterocycles. The van der Waals surface area contributed by atoms with Crippen molar-refractivity contribution in [3.63, 3.8) is 0 Å². The van der Waals surface area contributed by atoms with E-state index >= 15 is 0 Å². The molecule has 0 amide bonds. The maximum absolute atomic E-state index is 5.95. The van der Waals surface area contributed by atoms with Crippen LogP contribution in [0.25, 0.3) is 27.7 Å². The highest BCUT2D eigenvalue weighted by molar-refractivity contribution is 7.98. The highest BCUT2D eigenvalue weighted by Crippen LogP contribution is 2.35. The SMILES string of the molecule is COc1ccccc1-n1c(SCc2ncc(-c3ccccc3)o2)nnc1-c1cccs1. The molecule has 0 spiro atoms. The predicted octanol–water partition coefficient (Wildman–Crippen LogP) is 5.95. The Morgan fingerprint density at radius 1 is 1.00 bits per heavy atom. The lowest BCUT2D eigenvalue weighted by atomic mass is 10.2. The van der Waals surface area contributed by atoms with Gasteiger partial charge in [0.2, 0.25) is 5.89 Å². The van der Waals surface area contributed by atoms with E-state index in [1.807, 2.05) is 76.7 Å². The molecule has 0 unspecified atom stereocenters. The fourth-order valence-corrected chi connectivity index (χ4v) is 4.70. The molecule has 5 rings (SSSR count). The number of thioether (sulfide) groups is 1. The summed E-state index contributed by atoms with van der Waals surface area (Å²) >= 11 is 3.15. The van der Waals surface area contributed by atoms with Gasteiger partial charge in [-0.3, -0.25) is 4.57 Å². The standard InChI is InChI=1S/C23H18N4O2S2/c1-28-18-11-6-5-10-17(18)27-22(20-12-7-13-30-20)25-26-23(27)31-15-21-24-14-19(29-21)16-8-3-2-4-9-16/h2-14H,15H2,1H3. The zero-order valence-corrected chi connectivity index (χ0v) is 18.3. The van der Waals surface area contributed by atoms with Gasteiger partial charge in [-0.2, -0.15) is 0 Å². The molecule has 31 heavy (non-hydrogen) atoms. The first-order chi connectivity index (χ1) is 15.3. The van der Waals surface area contributed by atoms with Crippen LogP contribution >= 0.6 is 23.1 Å². The highest BCUT2D eigenvalue weighted by atomic mass is 32.2. The monoisotopic (exact) mass is 446 g/mol. The molecule has 2 aromatic carbocycles. The smallest absolute Gasteiger partial charge is 0.205 e. The van der Waals surface area contributed by atoms with Crippen molar-refractivity contribution in [1.82, 2.24) is 19.7 Å². The fourth-order valence-electron chi connectivity index (χ4n) is 3.20. The largest absolute Gasteiger partial charge is 0.495 e. The Hall–Kier alpha value is -3.36. The Labute approximate surface area is 187 Å². The van der Waals surface area contributed by atoms with Crippen LogP contribution in [0.4, 0.5) is 0 Å². The van der Waals surface area contributed by atoms with Crippen molar-refractivity contribution in [3.8, 4) is 33.5 Å². The second-order valence-corrected chi connectivity index (χ2v) is 8.45. The molecule has 3 aromatic heterocycles. The lowest BCUT2D eigenvalue weighted by Gasteiger charge is -2.12. The number of methoxy groups -OCH3 is 1. The molecule has 0 fully saturated rings. The summed E-state index contributed by atoms with van der Waals surface area (Å²) in [5, 5.41) is 11.7. The first-order valence-electron chi connectivity index (χ1n) is 9.59. The topological polar surface area (TPSA) is 66.0 Å². The van der Waals surface area contributed by atoms with Crippen LogP contribution in [-0.2, 0) is 5.75 Å². The minimum absolute atomic E-state index is 0.532. The van der Waals surface area contributed by atoms with Crippen LogP contribution in [0.1, 0.15) is 5.89 Å². The molecule has 154 valence electrons. The number of hydrogen-bond donors (Lipinski definition) is 0. The lowest BCUT2D eigenvalue weighted by molar-refractivity contribution is 0.412. The van der Waals surface area contributed by atoms with Crippen molar-refractivity contribution >= 4 is 23.1 Å². The molecule has 0 aliphatic carbocycles. The number of ether oxygens (including phenoxy) is 1. The summed E-state index contributed by atoms with van der Waals surface area (Å²) < 4.78 is 13.6. The molecule has 0 radical (unpaired) electrons. The molecule has 6 nitrogen and oxygen atoms in total. The third-order valence-corrected chi connectivity index (χ3v) is 6.42. The number of aromatic nitrogens is 4. The normalized spacial score (nSPS) is 11.0. The average Bonchev–Trinajstić information content (AvgIpc) is 3.59. The van der Waals surface area contributed by atoms with Crippen LogP contribution in [0.2, 0.25) is 0 Å². The van der Waals surface area contributed by atoms with Crippen molar-refractivity contribution in [2.75, 3.05) is 7.11 Å². The van der Waals surface area contributed by atoms with E-state index in [1.54, 1.807) is 24.6 Å². The van der Waals surface area contributed by atoms with Crippen LogP contribution in [0.3, 0.4) is 0 Å². The highest BCUT2D eigenvalue weighted by Gasteiger charge is 2.20. The van der Waals surface area contributed by atoms with E-state index < -0.39 is 0 Å². The molecule has 0 N–H and O–H groups in total. The molecular formula is C23H18N4O2S2. The minimum atomic E-state index is 0.532. The summed E-state index contributed by atoms with van der Waals surface area (Å²) in [5.74, 6) is 3.45. The Morgan fingerprint density at radius 3 is 2.65 bits per heavy atom. The van der Waals surface area contributed by atoms with Gasteiger partial charge in [-0.05, 0) is 23.6 Å². The minimum Gasteiger partial charge on any atom is -0.495 e. The summed E-state index contributed by atoms with van der Waals surface area (Å²) in [5.41, 5.74) is 1.89. The van der Waals surface area contributed by atoms with E-state index in [0.29, 0.717) is 11.6 Å². The first kappa shape index (κ1) is 19.6. The van der Waals surface area contributed by atoms with E-state index in [-0.39, 0.29) is 0 Å². The van der Waals surface area contributed by atoms with Crippen LogP contribution in [0.15, 0.2) is 87.9 Å². The van der Waals surface area contributed by atoms with E-state index in [1.165, 1.54) is 11.8 Å². The number of thiophene rings is 1. The van der Waals surface area contributed by atoms with Gasteiger partial charge < -0.3 is 9.15 Å². The number of rotatable bonds is 7. The van der Waals surface area contributed by atoms with E-state index in [2.05, 4.69) is 15.2 Å². The van der Waals surface area contributed by atoms with Crippen LogP contribution < -0.4 is 4.74 Å². The number of oxazole rings is 1. The van der Waals surface area contributed by atoms with Crippen molar-refractivity contribution in [2.24, 2.45) is 0 Å². The number of nitrogens with zero attached hydrogens (tertiary/aromatic N) is 4. The van der Waals surface area contributed by atoms with Crippen molar-refractivity contribution in [1.29, 1.82) is 0 Å². The molecule has 0 aliphatic rings. The predicted molar refractivity (Wildman–Crippen MR) is 123 cm³/mol. The molecular weight excluding hydrogens is 428 g/mol. The Kier molecular flexibility index (Phi) is 5.56. The third-order valence-electron chi connectivity index (χ3n) is 4.64. The maximum atomic E-state index is 5.95. The number of benzene rings is 2. The molecule has 3 heterocycles. The number of hydrogen-bond acceptors (Lipinski definition) is 7. The van der Waals surface area contributed by atoms with Crippen LogP contribution in [0.5, 0.6) is 5.75 Å². The van der Waals surface area contributed by atoms with Gasteiger partial charge in [-0.1, -0.05) is 60.3 Å². The van der Waals surface area contributed by atoms with Gasteiger partial charge in [-0.15, -0.1) is 21.5 Å². The Balaban J connectivity index is 1.47. The van der Waals surface area contributed by atoms with Gasteiger partial charge in [0.05, 0.1) is 29.6 Å². The van der Waals surface area contributed by atoms with E-state index in [4.69, 9.17) is 9.15 Å². The van der Waals surface area contributed by atoms with Gasteiger partial charge in [0.1, 0.15) is 5.75 Å². The van der Waals surface area contributed by atoms with Gasteiger partial charge in [-0.25, -0.2) is 4.98 Å². The summed E-state index contributed by atoms with van der Waals surface area (Å²) in [6.45, 7) is 0. The van der Waals surface area contributed by atoms with Gasteiger partial charge >= 0.3 is 0 Å². The summed E-state index contributed by atoms with van der Waals surface area (Å²) in [4.78, 5) is 5.47. The average molecular weight is 447 g/mol. The van der Waals surface area contributed by atoms with Crippen molar-refractivity contribution < 1.29 is 9.15 Å². The molecule has 0 saturated heterocycles. The zero-order valence-electron chi connectivity index (χ0n) is 16.6. The van der Waals surface area contributed by atoms with Gasteiger partial charge in [0, 0.05) is 5.56 Å². The molecule has 5 aromatic rings. The van der Waals surface area contributed by atoms with Crippen LogP contribution in [-0.4, -0.2) is 26.9 Å². The molecule has 0 bridgehead atoms. The summed E-state index contributed by atoms with van der Waals surface area (Å²) in [7, 11) is 1.67. The van der Waals surface area contributed by atoms with Gasteiger partial charge in [0.25, 0.3) is 0 Å². The summed E-state index contributed by atoms with van der Waals surface area (Å²) in [6.07, 6.45) is 1.76. The third kappa shape index (κ3) is 3.99. The quantitative estimate of drug-likeness (QED) is 0.288. The molecule has 0 saturated carbocycles. The van der Waals surface area contributed by atoms with E-state index in [0.717, 1.165) is 38.6 Å². The van der Waals surface area contributed by atoms with Crippen molar-refractivity contribution in [2.45, 2.75) is 10.9 Å². The zero-order chi connectivity index (χ0) is 21.0. The Morgan fingerprint density at radius 2 is 1.84 bits per heavy atom. The van der Waals surface area contributed by atoms with E-state index in [9.17, 15) is 0 Å². The Bertz CT molecular complexity index is 1280. The maximum Gasteiger partial charge on any atom is 0.205 e. The number of para-hydroxylation sites is 2. The molecule has 8 heteroatoms. The first-order valence-corrected chi connectivity index (χ1v) is 11.5. The lowest BCUT2D eigenvalue weighted by Crippen LogP contribution is -2.01.